The molecule has 0 aliphatic carbocycles. The summed E-state index contributed by atoms with van der Waals surface area (Å²) in [5, 5.41) is 2.86. The molecule has 0 aromatic heterocycles. The Hall–Kier alpha value is -1.88. The zero-order valence-electron chi connectivity index (χ0n) is 13.5. The van der Waals surface area contributed by atoms with Crippen molar-refractivity contribution < 1.29 is 14.3 Å². The Kier molecular flexibility index (Phi) is 5.55. The van der Waals surface area contributed by atoms with Crippen LogP contribution in [0.25, 0.3) is 0 Å². The summed E-state index contributed by atoms with van der Waals surface area (Å²) in [6, 6.07) is 5.90. The quantitative estimate of drug-likeness (QED) is 0.904. The van der Waals surface area contributed by atoms with E-state index in [0.717, 1.165) is 29.7 Å². The number of nitrogens with zero attached hydrogens (tertiary/aromatic N) is 1. The van der Waals surface area contributed by atoms with Crippen LogP contribution in [0.3, 0.4) is 0 Å². The molecule has 0 bridgehead atoms. The summed E-state index contributed by atoms with van der Waals surface area (Å²) in [5.74, 6) is -0.109. The second-order valence-corrected chi connectivity index (χ2v) is 5.68. The van der Waals surface area contributed by atoms with E-state index in [2.05, 4.69) is 5.32 Å². The van der Waals surface area contributed by atoms with Crippen LogP contribution in [0.2, 0.25) is 0 Å². The van der Waals surface area contributed by atoms with Crippen molar-refractivity contribution >= 4 is 17.5 Å². The molecule has 0 radical (unpaired) electrons. The van der Waals surface area contributed by atoms with Gasteiger partial charge in [-0.15, -0.1) is 0 Å². The highest BCUT2D eigenvalue weighted by Gasteiger charge is 2.23. The topological polar surface area (TPSA) is 58.6 Å². The summed E-state index contributed by atoms with van der Waals surface area (Å²) in [6.07, 6.45) is 1.38. The van der Waals surface area contributed by atoms with Crippen LogP contribution in [0.5, 0.6) is 0 Å². The fourth-order valence-electron chi connectivity index (χ4n) is 2.66. The van der Waals surface area contributed by atoms with Crippen LogP contribution in [-0.4, -0.2) is 37.6 Å². The van der Waals surface area contributed by atoms with E-state index in [4.69, 9.17) is 4.74 Å². The number of amides is 2. The predicted octanol–water partition coefficient (Wildman–Crippen LogP) is 1.95. The van der Waals surface area contributed by atoms with Crippen LogP contribution in [0.15, 0.2) is 18.2 Å². The second-order valence-electron chi connectivity index (χ2n) is 5.68. The third-order valence-corrected chi connectivity index (χ3v) is 4.10. The predicted molar refractivity (Wildman–Crippen MR) is 85.9 cm³/mol. The highest BCUT2D eigenvalue weighted by molar-refractivity contribution is 5.92. The van der Waals surface area contributed by atoms with Gasteiger partial charge in [-0.1, -0.05) is 12.1 Å². The molecule has 0 saturated carbocycles. The third-order valence-electron chi connectivity index (χ3n) is 4.10. The van der Waals surface area contributed by atoms with Gasteiger partial charge >= 0.3 is 0 Å². The monoisotopic (exact) mass is 304 g/mol. The maximum absolute atomic E-state index is 11.9. The largest absolute Gasteiger partial charge is 0.368 e. The molecule has 1 aromatic carbocycles. The van der Waals surface area contributed by atoms with E-state index in [0.29, 0.717) is 19.7 Å². The fraction of sp³-hybridized carbons (Fsp3) is 0.529. The molecular formula is C17H24N2O3. The number of ether oxygens (including phenoxy) is 1. The van der Waals surface area contributed by atoms with Gasteiger partial charge in [-0.25, -0.2) is 0 Å². The van der Waals surface area contributed by atoms with Gasteiger partial charge < -0.3 is 15.0 Å². The molecule has 1 N–H and O–H groups in total. The van der Waals surface area contributed by atoms with Crippen LogP contribution < -0.4 is 10.2 Å². The van der Waals surface area contributed by atoms with E-state index in [1.807, 2.05) is 32.0 Å². The lowest BCUT2D eigenvalue weighted by atomic mass is 10.1. The van der Waals surface area contributed by atoms with Crippen LogP contribution in [0, 0.1) is 13.8 Å². The molecule has 120 valence electrons. The molecule has 1 atom stereocenters. The van der Waals surface area contributed by atoms with Crippen molar-refractivity contribution in [2.75, 3.05) is 24.6 Å². The Morgan fingerprint density at radius 3 is 2.77 bits per heavy atom. The first-order valence-electron chi connectivity index (χ1n) is 7.74. The number of hydrogen-bond acceptors (Lipinski definition) is 3. The molecule has 5 nitrogen and oxygen atoms in total. The molecule has 2 amide bonds. The van der Waals surface area contributed by atoms with Gasteiger partial charge in [0.25, 0.3) is 0 Å². The molecule has 1 aliphatic rings. The van der Waals surface area contributed by atoms with Gasteiger partial charge in [0.05, 0.1) is 0 Å². The van der Waals surface area contributed by atoms with E-state index >= 15 is 0 Å². The molecule has 0 spiro atoms. The molecule has 1 heterocycles. The van der Waals surface area contributed by atoms with Crippen molar-refractivity contribution in [1.29, 1.82) is 0 Å². The summed E-state index contributed by atoms with van der Waals surface area (Å²) in [6.45, 7) is 7.11. The highest BCUT2D eigenvalue weighted by Crippen LogP contribution is 2.22. The number of carbonyl (C=O) groups excluding carboxylic acids is 2. The zero-order valence-corrected chi connectivity index (χ0v) is 13.5. The van der Waals surface area contributed by atoms with Crippen molar-refractivity contribution in [3.05, 3.63) is 29.3 Å². The van der Waals surface area contributed by atoms with E-state index in [-0.39, 0.29) is 17.9 Å². The van der Waals surface area contributed by atoms with Crippen LogP contribution >= 0.6 is 0 Å². The van der Waals surface area contributed by atoms with Gasteiger partial charge in [0.1, 0.15) is 6.10 Å². The van der Waals surface area contributed by atoms with Gasteiger partial charge in [0, 0.05) is 32.3 Å². The maximum atomic E-state index is 11.9. The standard InChI is InChI=1S/C17H24N2O3/c1-12-6-4-7-15(13(12)2)19(14(3)20)10-9-18-17(21)16-8-5-11-22-16/h4,6-7,16H,5,8-11H2,1-3H3,(H,18,21). The summed E-state index contributed by atoms with van der Waals surface area (Å²) in [5.41, 5.74) is 3.13. The van der Waals surface area contributed by atoms with E-state index in [1.54, 1.807) is 11.8 Å². The Labute approximate surface area is 131 Å². The van der Waals surface area contributed by atoms with Crippen molar-refractivity contribution in [3.8, 4) is 0 Å². The van der Waals surface area contributed by atoms with Crippen molar-refractivity contribution in [2.24, 2.45) is 0 Å². The first-order chi connectivity index (χ1) is 10.5. The minimum absolute atomic E-state index is 0.0277. The number of benzene rings is 1. The SMILES string of the molecule is CC(=O)N(CCNC(=O)C1CCCO1)c1cccc(C)c1C. The van der Waals surface area contributed by atoms with E-state index < -0.39 is 0 Å². The molecule has 1 saturated heterocycles. The van der Waals surface area contributed by atoms with Crippen LogP contribution in [0.4, 0.5) is 5.69 Å². The lowest BCUT2D eigenvalue weighted by Gasteiger charge is -2.24. The van der Waals surface area contributed by atoms with Crippen LogP contribution in [0.1, 0.15) is 30.9 Å². The van der Waals surface area contributed by atoms with Gasteiger partial charge in [-0.3, -0.25) is 9.59 Å². The average Bonchev–Trinajstić information content (AvgIpc) is 3.01. The number of rotatable bonds is 5. The smallest absolute Gasteiger partial charge is 0.249 e. The van der Waals surface area contributed by atoms with Gasteiger partial charge in [-0.05, 0) is 43.9 Å². The van der Waals surface area contributed by atoms with Gasteiger partial charge in [0.15, 0.2) is 0 Å². The minimum atomic E-state index is -0.327. The lowest BCUT2D eigenvalue weighted by Crippen LogP contribution is -2.41. The molecule has 1 fully saturated rings. The van der Waals surface area contributed by atoms with Crippen molar-refractivity contribution in [2.45, 2.75) is 39.7 Å². The minimum Gasteiger partial charge on any atom is -0.368 e. The van der Waals surface area contributed by atoms with Crippen molar-refractivity contribution in [1.82, 2.24) is 5.32 Å². The van der Waals surface area contributed by atoms with Gasteiger partial charge in [-0.2, -0.15) is 0 Å². The highest BCUT2D eigenvalue weighted by atomic mass is 16.5. The van der Waals surface area contributed by atoms with Crippen molar-refractivity contribution in [3.63, 3.8) is 0 Å². The molecule has 2 rings (SSSR count). The number of anilines is 1. The van der Waals surface area contributed by atoms with E-state index in [1.165, 1.54) is 0 Å². The molecule has 1 unspecified atom stereocenters. The number of nitrogens with one attached hydrogen (secondary N) is 1. The molecule has 1 aromatic rings. The van der Waals surface area contributed by atoms with Gasteiger partial charge in [0.2, 0.25) is 11.8 Å². The number of hydrogen-bond donors (Lipinski definition) is 1. The molecule has 5 heteroatoms. The third kappa shape index (κ3) is 3.85. The first-order valence-corrected chi connectivity index (χ1v) is 7.74. The summed E-state index contributed by atoms with van der Waals surface area (Å²) in [7, 11) is 0. The normalized spacial score (nSPS) is 17.3. The van der Waals surface area contributed by atoms with E-state index in [9.17, 15) is 9.59 Å². The second kappa shape index (κ2) is 7.40. The average molecular weight is 304 g/mol. The summed E-state index contributed by atoms with van der Waals surface area (Å²) < 4.78 is 5.35. The number of carbonyl (C=O) groups is 2. The lowest BCUT2D eigenvalue weighted by molar-refractivity contribution is -0.130. The number of aryl methyl sites for hydroxylation is 1. The first kappa shape index (κ1) is 16.5. The molecular weight excluding hydrogens is 280 g/mol. The summed E-state index contributed by atoms with van der Waals surface area (Å²) in [4.78, 5) is 25.5. The Balaban J connectivity index is 1.96. The molecule has 1 aliphatic heterocycles. The summed E-state index contributed by atoms with van der Waals surface area (Å²) >= 11 is 0. The molecule has 22 heavy (non-hydrogen) atoms. The Morgan fingerprint density at radius 2 is 2.14 bits per heavy atom. The Bertz CT molecular complexity index is 551. The maximum Gasteiger partial charge on any atom is 0.249 e. The fourth-order valence-corrected chi connectivity index (χ4v) is 2.66. The zero-order chi connectivity index (χ0) is 16.1. The Morgan fingerprint density at radius 1 is 1.36 bits per heavy atom. The van der Waals surface area contributed by atoms with Crippen LogP contribution in [-0.2, 0) is 14.3 Å².